The molecule has 1 aromatic carbocycles. The maximum atomic E-state index is 12.2. The number of nitrogens with one attached hydrogen (secondary N) is 1. The molecular formula is C10H6Br3N3O2S. The number of hydrogen-bond donors (Lipinski definition) is 1. The fourth-order valence-corrected chi connectivity index (χ4v) is 4.20. The van der Waals surface area contributed by atoms with E-state index in [-0.39, 0.29) is 10.7 Å². The summed E-state index contributed by atoms with van der Waals surface area (Å²) in [5.41, 5.74) is 0. The van der Waals surface area contributed by atoms with Gasteiger partial charge < -0.3 is 0 Å². The number of benzene rings is 1. The fourth-order valence-electron chi connectivity index (χ4n) is 1.25. The molecule has 2 rings (SSSR count). The van der Waals surface area contributed by atoms with Crippen LogP contribution in [0.15, 0.2) is 49.0 Å². The minimum absolute atomic E-state index is 0.125. The Kier molecular flexibility index (Phi) is 4.59. The van der Waals surface area contributed by atoms with Gasteiger partial charge in [0.2, 0.25) is 0 Å². The molecule has 2 aromatic rings. The van der Waals surface area contributed by atoms with Crippen LogP contribution in [0.1, 0.15) is 0 Å². The van der Waals surface area contributed by atoms with E-state index >= 15 is 0 Å². The lowest BCUT2D eigenvalue weighted by molar-refractivity contribution is 0.600. The number of halogens is 3. The first-order valence-electron chi connectivity index (χ1n) is 4.84. The van der Waals surface area contributed by atoms with Gasteiger partial charge in [0, 0.05) is 8.95 Å². The summed E-state index contributed by atoms with van der Waals surface area (Å²) in [6.45, 7) is 0. The molecule has 0 amide bonds. The molecular weight excluding hydrogens is 466 g/mol. The summed E-state index contributed by atoms with van der Waals surface area (Å²) < 4.78 is 28.5. The third-order valence-corrected chi connectivity index (χ3v) is 5.28. The van der Waals surface area contributed by atoms with Crippen LogP contribution in [0.3, 0.4) is 0 Å². The zero-order valence-corrected chi connectivity index (χ0v) is 14.7. The Labute approximate surface area is 135 Å². The Hall–Kier alpha value is -0.510. The van der Waals surface area contributed by atoms with Crippen molar-refractivity contribution in [3.05, 3.63) is 44.1 Å². The van der Waals surface area contributed by atoms with Gasteiger partial charge in [-0.1, -0.05) is 15.9 Å². The van der Waals surface area contributed by atoms with E-state index in [1.807, 2.05) is 0 Å². The van der Waals surface area contributed by atoms with E-state index in [0.717, 1.165) is 4.47 Å². The van der Waals surface area contributed by atoms with Gasteiger partial charge >= 0.3 is 0 Å². The van der Waals surface area contributed by atoms with Crippen molar-refractivity contribution >= 4 is 63.6 Å². The molecule has 1 N–H and O–H groups in total. The molecule has 100 valence electrons. The molecule has 5 nitrogen and oxygen atoms in total. The first kappa shape index (κ1) is 14.9. The lowest BCUT2D eigenvalue weighted by Gasteiger charge is -2.08. The van der Waals surface area contributed by atoms with Crippen LogP contribution in [0.25, 0.3) is 0 Å². The van der Waals surface area contributed by atoms with Crippen LogP contribution in [-0.4, -0.2) is 18.4 Å². The molecule has 0 atom stereocenters. The molecule has 0 spiro atoms. The fraction of sp³-hybridized carbons (Fsp3) is 0. The van der Waals surface area contributed by atoms with Gasteiger partial charge in [0.15, 0.2) is 5.82 Å². The molecule has 0 aliphatic carbocycles. The second-order valence-electron chi connectivity index (χ2n) is 3.40. The number of anilines is 1. The lowest BCUT2D eigenvalue weighted by Crippen LogP contribution is -2.14. The summed E-state index contributed by atoms with van der Waals surface area (Å²) in [6, 6.07) is 4.79. The first-order valence-corrected chi connectivity index (χ1v) is 8.70. The molecule has 1 heterocycles. The van der Waals surface area contributed by atoms with Crippen LogP contribution in [0.2, 0.25) is 0 Å². The Morgan fingerprint density at radius 1 is 1.05 bits per heavy atom. The van der Waals surface area contributed by atoms with Crippen molar-refractivity contribution in [3.63, 3.8) is 0 Å². The van der Waals surface area contributed by atoms with Crippen molar-refractivity contribution < 1.29 is 8.42 Å². The lowest BCUT2D eigenvalue weighted by atomic mass is 10.4. The summed E-state index contributed by atoms with van der Waals surface area (Å²) in [4.78, 5) is 7.94. The predicted octanol–water partition coefficient (Wildman–Crippen LogP) is 3.56. The minimum atomic E-state index is -3.71. The van der Waals surface area contributed by atoms with Crippen molar-refractivity contribution in [1.82, 2.24) is 9.97 Å². The quantitative estimate of drug-likeness (QED) is 0.743. The summed E-state index contributed by atoms with van der Waals surface area (Å²) in [7, 11) is -3.71. The highest BCUT2D eigenvalue weighted by Crippen LogP contribution is 2.26. The van der Waals surface area contributed by atoms with Gasteiger partial charge in [-0.25, -0.2) is 18.4 Å². The van der Waals surface area contributed by atoms with Crippen LogP contribution >= 0.6 is 47.8 Å². The molecule has 0 aliphatic heterocycles. The van der Waals surface area contributed by atoms with Gasteiger partial charge in [0.1, 0.15) is 9.50 Å². The van der Waals surface area contributed by atoms with Crippen molar-refractivity contribution in [2.75, 3.05) is 4.72 Å². The molecule has 0 aliphatic rings. The average molecular weight is 472 g/mol. The summed E-state index contributed by atoms with van der Waals surface area (Å²) in [5, 5.41) is 0. The van der Waals surface area contributed by atoms with Gasteiger partial charge in [0.05, 0.1) is 12.4 Å². The third kappa shape index (κ3) is 3.74. The van der Waals surface area contributed by atoms with Gasteiger partial charge in [-0.2, -0.15) is 0 Å². The van der Waals surface area contributed by atoms with E-state index in [1.54, 1.807) is 12.1 Å². The average Bonchev–Trinajstić information content (AvgIpc) is 2.31. The van der Waals surface area contributed by atoms with Crippen LogP contribution in [-0.2, 0) is 10.0 Å². The van der Waals surface area contributed by atoms with Crippen LogP contribution in [0.4, 0.5) is 5.82 Å². The Morgan fingerprint density at radius 3 is 2.37 bits per heavy atom. The predicted molar refractivity (Wildman–Crippen MR) is 82.4 cm³/mol. The van der Waals surface area contributed by atoms with Gasteiger partial charge in [-0.3, -0.25) is 4.72 Å². The van der Waals surface area contributed by atoms with Crippen molar-refractivity contribution in [1.29, 1.82) is 0 Å². The normalized spacial score (nSPS) is 11.3. The Bertz CT molecular complexity index is 704. The van der Waals surface area contributed by atoms with Gasteiger partial charge in [0.25, 0.3) is 10.0 Å². The zero-order valence-electron chi connectivity index (χ0n) is 9.14. The van der Waals surface area contributed by atoms with E-state index in [2.05, 4.69) is 62.5 Å². The number of nitrogens with zero attached hydrogens (tertiary/aromatic N) is 2. The summed E-state index contributed by atoms with van der Waals surface area (Å²) in [5.74, 6) is 0.151. The summed E-state index contributed by atoms with van der Waals surface area (Å²) in [6.07, 6.45) is 2.74. The SMILES string of the molecule is O=S(=O)(Nc1cnc(Br)cn1)c1ccc(Br)cc1Br. The maximum absolute atomic E-state index is 12.2. The van der Waals surface area contributed by atoms with E-state index in [4.69, 9.17) is 0 Å². The molecule has 19 heavy (non-hydrogen) atoms. The smallest absolute Gasteiger partial charge is 0.262 e. The third-order valence-electron chi connectivity index (χ3n) is 2.04. The summed E-state index contributed by atoms with van der Waals surface area (Å²) >= 11 is 9.61. The Morgan fingerprint density at radius 2 is 1.79 bits per heavy atom. The van der Waals surface area contributed by atoms with E-state index in [1.165, 1.54) is 18.5 Å². The van der Waals surface area contributed by atoms with Crippen LogP contribution in [0.5, 0.6) is 0 Å². The molecule has 0 fully saturated rings. The van der Waals surface area contributed by atoms with Gasteiger partial charge in [-0.05, 0) is 50.1 Å². The number of sulfonamides is 1. The van der Waals surface area contributed by atoms with Crippen LogP contribution < -0.4 is 4.72 Å². The number of aromatic nitrogens is 2. The minimum Gasteiger partial charge on any atom is -0.262 e. The van der Waals surface area contributed by atoms with Crippen LogP contribution in [0, 0.1) is 0 Å². The molecule has 1 aromatic heterocycles. The topological polar surface area (TPSA) is 72.0 Å². The zero-order chi connectivity index (χ0) is 14.0. The molecule has 0 bridgehead atoms. The second-order valence-corrected chi connectivity index (χ2v) is 7.64. The highest BCUT2D eigenvalue weighted by Gasteiger charge is 2.18. The molecule has 0 radical (unpaired) electrons. The highest BCUT2D eigenvalue weighted by atomic mass is 79.9. The maximum Gasteiger partial charge on any atom is 0.264 e. The van der Waals surface area contributed by atoms with Crippen molar-refractivity contribution in [2.45, 2.75) is 4.90 Å². The number of hydrogen-bond acceptors (Lipinski definition) is 4. The van der Waals surface area contributed by atoms with Crippen molar-refractivity contribution in [3.8, 4) is 0 Å². The Balaban J connectivity index is 2.35. The van der Waals surface area contributed by atoms with Crippen molar-refractivity contribution in [2.24, 2.45) is 0 Å². The second kappa shape index (κ2) is 5.86. The van der Waals surface area contributed by atoms with E-state index < -0.39 is 10.0 Å². The molecule has 9 heteroatoms. The molecule has 0 unspecified atom stereocenters. The first-order chi connectivity index (χ1) is 8.88. The number of rotatable bonds is 3. The monoisotopic (exact) mass is 469 g/mol. The highest BCUT2D eigenvalue weighted by molar-refractivity contribution is 9.11. The largest absolute Gasteiger partial charge is 0.264 e. The van der Waals surface area contributed by atoms with E-state index in [0.29, 0.717) is 9.08 Å². The van der Waals surface area contributed by atoms with Gasteiger partial charge in [-0.15, -0.1) is 0 Å². The molecule has 0 saturated heterocycles. The standard InChI is InChI=1S/C10H6Br3N3O2S/c11-6-1-2-8(7(12)3-6)19(17,18)16-10-5-14-9(13)4-15-10/h1-5H,(H,15,16). The van der Waals surface area contributed by atoms with E-state index in [9.17, 15) is 8.42 Å². The molecule has 0 saturated carbocycles.